The third kappa shape index (κ3) is 15.6. The van der Waals surface area contributed by atoms with Crippen molar-refractivity contribution in [1.82, 2.24) is 0 Å². The van der Waals surface area contributed by atoms with Gasteiger partial charge in [-0.2, -0.15) is 0 Å². The summed E-state index contributed by atoms with van der Waals surface area (Å²) in [6, 6.07) is 0. The predicted molar refractivity (Wildman–Crippen MR) is 50.2 cm³/mol. The fourth-order valence-electron chi connectivity index (χ4n) is 1.23. The molecule has 0 aliphatic heterocycles. The Morgan fingerprint density at radius 3 is 1.92 bits per heavy atom. The Hall–Kier alpha value is 0.808. The van der Waals surface area contributed by atoms with Crippen LogP contribution in [-0.2, 0) is 4.79 Å². The third-order valence-corrected chi connectivity index (χ3v) is 1.99. The number of hydrogen-bond donors (Lipinski definition) is 1. The summed E-state index contributed by atoms with van der Waals surface area (Å²) < 4.78 is 0. The maximum Gasteiger partial charge on any atom is 0.303 e. The van der Waals surface area contributed by atoms with Gasteiger partial charge in [0.1, 0.15) is 0 Å². The molecule has 0 aromatic heterocycles. The van der Waals surface area contributed by atoms with Crippen LogP contribution >= 0.6 is 0 Å². The first-order valence-corrected chi connectivity index (χ1v) is 4.99. The molecule has 0 aromatic carbocycles. The third-order valence-electron chi connectivity index (χ3n) is 1.99. The van der Waals surface area contributed by atoms with Crippen molar-refractivity contribution in [1.29, 1.82) is 0 Å². The van der Waals surface area contributed by atoms with Gasteiger partial charge in [0.2, 0.25) is 0 Å². The van der Waals surface area contributed by atoms with Crippen LogP contribution in [0.4, 0.5) is 0 Å². The van der Waals surface area contributed by atoms with Gasteiger partial charge in [0.25, 0.3) is 0 Å². The summed E-state index contributed by atoms with van der Waals surface area (Å²) in [4.78, 5) is 10.1. The average molecular weight is 323 g/mol. The number of hydrogen-bond acceptors (Lipinski definition) is 1. The van der Waals surface area contributed by atoms with Gasteiger partial charge in [-0.15, -0.1) is 0 Å². The van der Waals surface area contributed by atoms with E-state index in [0.717, 1.165) is 12.8 Å². The SMILES string of the molecule is CCCCCCCCCC(=O)O.[Sm]. The Morgan fingerprint density at radius 1 is 1.00 bits per heavy atom. The van der Waals surface area contributed by atoms with Gasteiger partial charge < -0.3 is 5.11 Å². The van der Waals surface area contributed by atoms with Gasteiger partial charge in [0.05, 0.1) is 0 Å². The van der Waals surface area contributed by atoms with Gasteiger partial charge in [-0.3, -0.25) is 4.79 Å². The molecule has 0 spiro atoms. The zero-order chi connectivity index (χ0) is 9.23. The molecular weight excluding hydrogens is 302 g/mol. The van der Waals surface area contributed by atoms with Gasteiger partial charge in [0, 0.05) is 46.8 Å². The van der Waals surface area contributed by atoms with Crippen molar-refractivity contribution in [2.75, 3.05) is 0 Å². The largest absolute Gasteiger partial charge is 0.481 e. The quantitative estimate of drug-likeness (QED) is 0.697. The van der Waals surface area contributed by atoms with Crippen molar-refractivity contribution >= 4 is 5.97 Å². The van der Waals surface area contributed by atoms with Gasteiger partial charge in [-0.25, -0.2) is 0 Å². The molecule has 0 bridgehead atoms. The molecule has 3 heteroatoms. The maximum atomic E-state index is 10.1. The zero-order valence-electron chi connectivity index (χ0n) is 8.42. The second-order valence-corrected chi connectivity index (χ2v) is 3.27. The van der Waals surface area contributed by atoms with Crippen LogP contribution in [0.25, 0.3) is 0 Å². The second kappa shape index (κ2) is 12.8. The molecule has 0 rings (SSSR count). The van der Waals surface area contributed by atoms with Crippen molar-refractivity contribution < 1.29 is 50.3 Å². The number of carbonyl (C=O) groups is 1. The zero-order valence-corrected chi connectivity index (χ0v) is 11.0. The maximum absolute atomic E-state index is 10.1. The number of carboxylic acid groups (broad SMARTS) is 1. The van der Waals surface area contributed by atoms with Gasteiger partial charge >= 0.3 is 5.97 Å². The molecule has 78 valence electrons. The summed E-state index contributed by atoms with van der Waals surface area (Å²) in [5, 5.41) is 8.35. The number of carboxylic acids is 1. The average Bonchev–Trinajstić information content (AvgIpc) is 2.02. The van der Waals surface area contributed by atoms with E-state index in [1.165, 1.54) is 32.1 Å². The number of rotatable bonds is 8. The standard InChI is InChI=1S/C10H20O2.Sm/c1-2-3-4-5-6-7-8-9-10(11)12;/h2-9H2,1H3,(H,11,12);. The molecule has 0 fully saturated rings. The van der Waals surface area contributed by atoms with Gasteiger partial charge in [-0.1, -0.05) is 45.4 Å². The molecule has 0 atom stereocenters. The van der Waals surface area contributed by atoms with E-state index in [9.17, 15) is 4.79 Å². The monoisotopic (exact) mass is 324 g/mol. The normalized spacial score (nSPS) is 9.31. The van der Waals surface area contributed by atoms with Gasteiger partial charge in [0.15, 0.2) is 0 Å². The molecule has 0 aromatic rings. The first-order valence-electron chi connectivity index (χ1n) is 4.99. The van der Waals surface area contributed by atoms with E-state index in [-0.39, 0.29) is 40.4 Å². The Labute approximate surface area is 114 Å². The van der Waals surface area contributed by atoms with Crippen LogP contribution in [0.3, 0.4) is 0 Å². The van der Waals surface area contributed by atoms with Crippen molar-refractivity contribution in [3.05, 3.63) is 0 Å². The first kappa shape index (κ1) is 16.2. The first-order chi connectivity index (χ1) is 5.77. The summed E-state index contributed by atoms with van der Waals surface area (Å²) in [5.41, 5.74) is 0. The van der Waals surface area contributed by atoms with Crippen molar-refractivity contribution in [2.24, 2.45) is 0 Å². The molecule has 0 aliphatic carbocycles. The molecule has 0 unspecified atom stereocenters. The molecule has 0 heterocycles. The van der Waals surface area contributed by atoms with Crippen LogP contribution in [-0.4, -0.2) is 11.1 Å². The molecular formula is C10H20O2Sm. The summed E-state index contributed by atoms with van der Waals surface area (Å²) >= 11 is 0. The smallest absolute Gasteiger partial charge is 0.303 e. The van der Waals surface area contributed by atoms with Crippen LogP contribution in [0.2, 0.25) is 0 Å². The number of unbranched alkanes of at least 4 members (excludes halogenated alkanes) is 6. The molecule has 0 saturated heterocycles. The van der Waals surface area contributed by atoms with E-state index < -0.39 is 5.97 Å². The molecule has 13 heavy (non-hydrogen) atoms. The van der Waals surface area contributed by atoms with E-state index in [1.54, 1.807) is 0 Å². The fourth-order valence-corrected chi connectivity index (χ4v) is 1.23. The summed E-state index contributed by atoms with van der Waals surface area (Å²) in [6.45, 7) is 2.20. The van der Waals surface area contributed by atoms with E-state index in [4.69, 9.17) is 5.11 Å². The Bertz CT molecular complexity index is 115. The Morgan fingerprint density at radius 2 is 1.46 bits per heavy atom. The minimum absolute atomic E-state index is 0. The number of aliphatic carboxylic acids is 1. The van der Waals surface area contributed by atoms with E-state index >= 15 is 0 Å². The van der Waals surface area contributed by atoms with Crippen LogP contribution in [0.1, 0.15) is 58.3 Å². The topological polar surface area (TPSA) is 37.3 Å². The minimum atomic E-state index is -0.663. The van der Waals surface area contributed by atoms with E-state index in [2.05, 4.69) is 6.92 Å². The van der Waals surface area contributed by atoms with E-state index in [0.29, 0.717) is 6.42 Å². The van der Waals surface area contributed by atoms with Crippen molar-refractivity contribution in [3.8, 4) is 0 Å². The second-order valence-electron chi connectivity index (χ2n) is 3.27. The Kier molecular flexibility index (Phi) is 16.0. The van der Waals surface area contributed by atoms with Crippen molar-refractivity contribution in [3.63, 3.8) is 0 Å². The fraction of sp³-hybridized carbons (Fsp3) is 0.900. The van der Waals surface area contributed by atoms with Crippen LogP contribution in [0, 0.1) is 40.4 Å². The van der Waals surface area contributed by atoms with E-state index in [1.807, 2.05) is 0 Å². The van der Waals surface area contributed by atoms with Gasteiger partial charge in [-0.05, 0) is 6.42 Å². The predicted octanol–water partition coefficient (Wildman–Crippen LogP) is 3.21. The van der Waals surface area contributed by atoms with Crippen LogP contribution < -0.4 is 0 Å². The minimum Gasteiger partial charge on any atom is -0.481 e. The summed E-state index contributed by atoms with van der Waals surface area (Å²) in [7, 11) is 0. The summed E-state index contributed by atoms with van der Waals surface area (Å²) in [6.07, 6.45) is 8.64. The molecule has 0 radical (unpaired) electrons. The molecule has 0 amide bonds. The molecule has 0 aliphatic rings. The van der Waals surface area contributed by atoms with Crippen LogP contribution in [0.15, 0.2) is 0 Å². The molecule has 0 saturated carbocycles. The van der Waals surface area contributed by atoms with Crippen LogP contribution in [0.5, 0.6) is 0 Å². The van der Waals surface area contributed by atoms with Crippen molar-refractivity contribution in [2.45, 2.75) is 58.3 Å². The molecule has 2 nitrogen and oxygen atoms in total. The summed E-state index contributed by atoms with van der Waals surface area (Å²) in [5.74, 6) is -0.663. The Balaban J connectivity index is 0. The molecule has 1 N–H and O–H groups in total.